The Hall–Kier alpha value is -3.93. The molecule has 0 saturated heterocycles. The van der Waals surface area contributed by atoms with Crippen LogP contribution in [-0.4, -0.2) is 12.5 Å². The molecule has 1 heterocycles. The molecule has 0 aliphatic carbocycles. The Balaban J connectivity index is 1.66. The molecule has 4 rings (SSSR count). The van der Waals surface area contributed by atoms with Crippen LogP contribution in [0.15, 0.2) is 82.0 Å². The van der Waals surface area contributed by atoms with Crippen molar-refractivity contribution in [2.45, 2.75) is 6.92 Å². The summed E-state index contributed by atoms with van der Waals surface area (Å²) in [4.78, 5) is 24.9. The molecule has 0 fully saturated rings. The highest BCUT2D eigenvalue weighted by Gasteiger charge is 2.11. The zero-order valence-corrected chi connectivity index (χ0v) is 16.1. The largest absolute Gasteiger partial charge is 0.494 e. The molecule has 1 N–H and O–H groups in total. The highest BCUT2D eigenvalue weighted by Crippen LogP contribution is 2.26. The van der Waals surface area contributed by atoms with E-state index in [9.17, 15) is 14.0 Å². The third kappa shape index (κ3) is 4.07. The summed E-state index contributed by atoms with van der Waals surface area (Å²) < 4.78 is 24.7. The zero-order valence-electron chi connectivity index (χ0n) is 16.1. The van der Waals surface area contributed by atoms with Crippen LogP contribution in [0.5, 0.6) is 5.75 Å². The highest BCUT2D eigenvalue weighted by molar-refractivity contribution is 6.05. The third-order valence-corrected chi connectivity index (χ3v) is 4.52. The van der Waals surface area contributed by atoms with Crippen LogP contribution in [0.3, 0.4) is 0 Å². The molecule has 1 aromatic heterocycles. The van der Waals surface area contributed by atoms with Crippen molar-refractivity contribution in [3.05, 3.63) is 94.4 Å². The Morgan fingerprint density at radius 3 is 2.57 bits per heavy atom. The van der Waals surface area contributed by atoms with Gasteiger partial charge in [0, 0.05) is 28.9 Å². The average molecular weight is 403 g/mol. The Morgan fingerprint density at radius 2 is 1.83 bits per heavy atom. The highest BCUT2D eigenvalue weighted by atomic mass is 19.1. The van der Waals surface area contributed by atoms with Gasteiger partial charge in [0.25, 0.3) is 5.91 Å². The molecular weight excluding hydrogens is 385 g/mol. The van der Waals surface area contributed by atoms with Crippen molar-refractivity contribution in [2.75, 3.05) is 11.9 Å². The topological polar surface area (TPSA) is 68.5 Å². The summed E-state index contributed by atoms with van der Waals surface area (Å²) in [6, 6.07) is 18.8. The van der Waals surface area contributed by atoms with E-state index >= 15 is 0 Å². The number of ether oxygens (including phenoxy) is 1. The maximum atomic E-state index is 13.4. The number of carbonyl (C=O) groups is 1. The van der Waals surface area contributed by atoms with Crippen molar-refractivity contribution in [1.29, 1.82) is 0 Å². The van der Waals surface area contributed by atoms with Crippen LogP contribution in [0.4, 0.5) is 10.1 Å². The number of rotatable bonds is 5. The fraction of sp³-hybridized carbons (Fsp3) is 0.0833. The lowest BCUT2D eigenvalue weighted by Crippen LogP contribution is -2.12. The Bertz CT molecular complexity index is 1280. The van der Waals surface area contributed by atoms with Crippen LogP contribution >= 0.6 is 0 Å². The molecular formula is C24H18FNO4. The summed E-state index contributed by atoms with van der Waals surface area (Å²) in [7, 11) is 0. The second-order valence-corrected chi connectivity index (χ2v) is 6.61. The summed E-state index contributed by atoms with van der Waals surface area (Å²) in [5.74, 6) is 0.182. The number of anilines is 1. The van der Waals surface area contributed by atoms with E-state index in [-0.39, 0.29) is 11.0 Å². The quantitative estimate of drug-likeness (QED) is 0.494. The third-order valence-electron chi connectivity index (χ3n) is 4.52. The number of nitrogens with one attached hydrogen (secondary N) is 1. The second kappa shape index (κ2) is 8.21. The van der Waals surface area contributed by atoms with Crippen LogP contribution in [-0.2, 0) is 0 Å². The van der Waals surface area contributed by atoms with Gasteiger partial charge in [0.15, 0.2) is 5.43 Å². The van der Waals surface area contributed by atoms with Gasteiger partial charge in [-0.3, -0.25) is 9.59 Å². The van der Waals surface area contributed by atoms with Crippen LogP contribution < -0.4 is 15.5 Å². The predicted molar refractivity (Wildman–Crippen MR) is 113 cm³/mol. The van der Waals surface area contributed by atoms with Gasteiger partial charge in [-0.05, 0) is 61.5 Å². The van der Waals surface area contributed by atoms with Crippen LogP contribution in [0.2, 0.25) is 0 Å². The van der Waals surface area contributed by atoms with Gasteiger partial charge in [0.05, 0.1) is 12.0 Å². The summed E-state index contributed by atoms with van der Waals surface area (Å²) in [6.07, 6.45) is 0. The maximum Gasteiger partial charge on any atom is 0.255 e. The minimum atomic E-state index is -0.493. The van der Waals surface area contributed by atoms with Crippen LogP contribution in [0.1, 0.15) is 17.3 Å². The van der Waals surface area contributed by atoms with E-state index in [0.29, 0.717) is 29.0 Å². The fourth-order valence-corrected chi connectivity index (χ4v) is 3.09. The first kappa shape index (κ1) is 19.4. The molecule has 150 valence electrons. The number of amides is 1. The van der Waals surface area contributed by atoms with E-state index in [4.69, 9.17) is 9.15 Å². The van der Waals surface area contributed by atoms with Crippen molar-refractivity contribution in [3.8, 4) is 17.1 Å². The van der Waals surface area contributed by atoms with Gasteiger partial charge in [0.1, 0.15) is 22.9 Å². The lowest BCUT2D eigenvalue weighted by molar-refractivity contribution is 0.102. The standard InChI is InChI=1S/C24H18FNO4/c1-2-29-19-9-6-15(7-10-19)22-14-21(27)20-11-8-18(13-23(20)30-22)26-24(28)16-4-3-5-17(25)12-16/h3-14H,2H2,1H3,(H,26,28). The van der Waals surface area contributed by atoms with E-state index in [0.717, 1.165) is 17.4 Å². The van der Waals surface area contributed by atoms with Crippen molar-refractivity contribution >= 4 is 22.6 Å². The Morgan fingerprint density at radius 1 is 1.03 bits per heavy atom. The van der Waals surface area contributed by atoms with Crippen molar-refractivity contribution in [1.82, 2.24) is 0 Å². The second-order valence-electron chi connectivity index (χ2n) is 6.61. The van der Waals surface area contributed by atoms with E-state index in [1.54, 1.807) is 30.3 Å². The van der Waals surface area contributed by atoms with Gasteiger partial charge in [-0.1, -0.05) is 6.07 Å². The summed E-state index contributed by atoms with van der Waals surface area (Å²) in [5.41, 5.74) is 1.50. The van der Waals surface area contributed by atoms with Crippen LogP contribution in [0, 0.1) is 5.82 Å². The molecule has 0 atom stereocenters. The normalized spacial score (nSPS) is 10.7. The molecule has 0 unspecified atom stereocenters. The number of carbonyl (C=O) groups excluding carboxylic acids is 1. The van der Waals surface area contributed by atoms with E-state index in [2.05, 4.69) is 5.32 Å². The lowest BCUT2D eigenvalue weighted by atomic mass is 10.1. The molecule has 6 heteroatoms. The summed E-state index contributed by atoms with van der Waals surface area (Å²) in [5, 5.41) is 3.09. The first-order valence-electron chi connectivity index (χ1n) is 9.41. The van der Waals surface area contributed by atoms with Crippen molar-refractivity contribution in [2.24, 2.45) is 0 Å². The smallest absolute Gasteiger partial charge is 0.255 e. The molecule has 5 nitrogen and oxygen atoms in total. The number of benzene rings is 3. The van der Waals surface area contributed by atoms with E-state index in [1.165, 1.54) is 24.3 Å². The van der Waals surface area contributed by atoms with Gasteiger partial charge < -0.3 is 14.5 Å². The Labute approximate surface area is 171 Å². The van der Waals surface area contributed by atoms with Crippen molar-refractivity contribution in [3.63, 3.8) is 0 Å². The number of hydrogen-bond acceptors (Lipinski definition) is 4. The molecule has 1 amide bonds. The predicted octanol–water partition coefficient (Wildman–Crippen LogP) is 5.25. The molecule has 0 spiro atoms. The number of fused-ring (bicyclic) bond motifs is 1. The average Bonchev–Trinajstić information content (AvgIpc) is 2.74. The summed E-state index contributed by atoms with van der Waals surface area (Å²) in [6.45, 7) is 2.47. The molecule has 3 aromatic carbocycles. The molecule has 30 heavy (non-hydrogen) atoms. The molecule has 4 aromatic rings. The molecule has 0 aliphatic heterocycles. The zero-order chi connectivity index (χ0) is 21.1. The van der Waals surface area contributed by atoms with Crippen molar-refractivity contribution < 1.29 is 18.3 Å². The minimum Gasteiger partial charge on any atom is -0.494 e. The van der Waals surface area contributed by atoms with Gasteiger partial charge in [-0.2, -0.15) is 0 Å². The molecule has 0 bridgehead atoms. The van der Waals surface area contributed by atoms with Gasteiger partial charge in [-0.25, -0.2) is 4.39 Å². The SMILES string of the molecule is CCOc1ccc(-c2cc(=O)c3ccc(NC(=O)c4cccc(F)c4)cc3o2)cc1. The first-order chi connectivity index (χ1) is 14.5. The lowest BCUT2D eigenvalue weighted by Gasteiger charge is -2.08. The van der Waals surface area contributed by atoms with Gasteiger partial charge >= 0.3 is 0 Å². The fourth-order valence-electron chi connectivity index (χ4n) is 3.09. The number of hydrogen-bond donors (Lipinski definition) is 1. The monoisotopic (exact) mass is 403 g/mol. The minimum absolute atomic E-state index is 0.192. The van der Waals surface area contributed by atoms with E-state index < -0.39 is 11.7 Å². The van der Waals surface area contributed by atoms with Gasteiger partial charge in [-0.15, -0.1) is 0 Å². The van der Waals surface area contributed by atoms with Gasteiger partial charge in [0.2, 0.25) is 0 Å². The molecule has 0 aliphatic rings. The molecule has 0 radical (unpaired) electrons. The number of halogens is 1. The van der Waals surface area contributed by atoms with Crippen LogP contribution in [0.25, 0.3) is 22.3 Å². The summed E-state index contributed by atoms with van der Waals surface area (Å²) >= 11 is 0. The Kier molecular flexibility index (Phi) is 5.30. The first-order valence-corrected chi connectivity index (χ1v) is 9.41. The van der Waals surface area contributed by atoms with E-state index in [1.807, 2.05) is 19.1 Å². The maximum absolute atomic E-state index is 13.4. The molecule has 0 saturated carbocycles.